The number of carbonyl (C=O) groups excluding carboxylic acids is 1. The van der Waals surface area contributed by atoms with Crippen molar-refractivity contribution in [3.63, 3.8) is 0 Å². The smallest absolute Gasteiger partial charge is 0.344 e. The Kier molecular flexibility index (Phi) is 3.88. The number of esters is 1. The van der Waals surface area contributed by atoms with Crippen LogP contribution in [0, 0.1) is 0 Å². The Labute approximate surface area is 92.6 Å². The first-order valence-corrected chi connectivity index (χ1v) is 4.62. The summed E-state index contributed by atoms with van der Waals surface area (Å²) in [6.07, 6.45) is -0.927. The summed E-state index contributed by atoms with van der Waals surface area (Å²) < 4.78 is 9.61. The number of ether oxygens (including phenoxy) is 2. The van der Waals surface area contributed by atoms with E-state index in [0.717, 1.165) is 0 Å². The molecule has 0 spiro atoms. The highest BCUT2D eigenvalue weighted by Crippen LogP contribution is 2.14. The van der Waals surface area contributed by atoms with E-state index in [9.17, 15) is 9.59 Å². The summed E-state index contributed by atoms with van der Waals surface area (Å²) in [5.74, 6) is -1.10. The van der Waals surface area contributed by atoms with Crippen molar-refractivity contribution in [1.29, 1.82) is 0 Å². The maximum absolute atomic E-state index is 11.1. The van der Waals surface area contributed by atoms with E-state index in [2.05, 4.69) is 4.74 Å². The number of methoxy groups -OCH3 is 1. The molecule has 1 aromatic rings. The van der Waals surface area contributed by atoms with Crippen LogP contribution in [-0.4, -0.2) is 30.3 Å². The van der Waals surface area contributed by atoms with Gasteiger partial charge in [0.05, 0.1) is 12.7 Å². The summed E-state index contributed by atoms with van der Waals surface area (Å²) in [5, 5.41) is 8.63. The molecule has 0 unspecified atom stereocenters. The number of benzene rings is 1. The van der Waals surface area contributed by atoms with Crippen molar-refractivity contribution in [2.75, 3.05) is 7.11 Å². The van der Waals surface area contributed by atoms with Gasteiger partial charge in [-0.3, -0.25) is 0 Å². The number of carboxylic acid groups (broad SMARTS) is 1. The highest BCUT2D eigenvalue weighted by Gasteiger charge is 2.12. The summed E-state index contributed by atoms with van der Waals surface area (Å²) >= 11 is 0. The van der Waals surface area contributed by atoms with Crippen LogP contribution in [0.4, 0.5) is 0 Å². The maximum atomic E-state index is 11.1. The number of rotatable bonds is 4. The van der Waals surface area contributed by atoms with Crippen molar-refractivity contribution >= 4 is 11.9 Å². The predicted octanol–water partition coefficient (Wildman–Crippen LogP) is 1.33. The van der Waals surface area contributed by atoms with Gasteiger partial charge in [-0.1, -0.05) is 0 Å². The van der Waals surface area contributed by atoms with Crippen LogP contribution >= 0.6 is 0 Å². The lowest BCUT2D eigenvalue weighted by Crippen LogP contribution is -2.22. The zero-order valence-corrected chi connectivity index (χ0v) is 8.97. The van der Waals surface area contributed by atoms with Crippen molar-refractivity contribution in [1.82, 2.24) is 0 Å². The lowest BCUT2D eigenvalue weighted by molar-refractivity contribution is -0.144. The molecular formula is C11H12O5. The normalized spacial score (nSPS) is 11.6. The van der Waals surface area contributed by atoms with Crippen LogP contribution in [0.1, 0.15) is 17.3 Å². The summed E-state index contributed by atoms with van der Waals surface area (Å²) in [4.78, 5) is 21.6. The van der Waals surface area contributed by atoms with E-state index < -0.39 is 18.0 Å². The van der Waals surface area contributed by atoms with Gasteiger partial charge in [-0.05, 0) is 31.2 Å². The average molecular weight is 224 g/mol. The molecule has 5 heteroatoms. The first-order chi connectivity index (χ1) is 7.54. The van der Waals surface area contributed by atoms with Gasteiger partial charge in [0.15, 0.2) is 6.10 Å². The van der Waals surface area contributed by atoms with E-state index in [1.54, 1.807) is 0 Å². The van der Waals surface area contributed by atoms with Crippen LogP contribution in [0.2, 0.25) is 0 Å². The fraction of sp³-hybridized carbons (Fsp3) is 0.273. The Balaban J connectivity index is 2.72. The average Bonchev–Trinajstić information content (AvgIpc) is 2.28. The molecule has 0 heterocycles. The van der Waals surface area contributed by atoms with E-state index in [1.165, 1.54) is 38.3 Å². The van der Waals surface area contributed by atoms with Gasteiger partial charge in [0.1, 0.15) is 5.75 Å². The minimum atomic E-state index is -1.04. The van der Waals surface area contributed by atoms with Gasteiger partial charge >= 0.3 is 11.9 Å². The topological polar surface area (TPSA) is 72.8 Å². The quantitative estimate of drug-likeness (QED) is 0.781. The van der Waals surface area contributed by atoms with Crippen LogP contribution < -0.4 is 4.74 Å². The standard InChI is InChI=1S/C11H12O5/c1-7(10(12)13)16-9-5-3-8(4-6-9)11(14)15-2/h3-7H,1-2H3,(H,12,13)/t7-/m1/s1. The molecule has 1 aromatic carbocycles. The number of carboxylic acids is 1. The lowest BCUT2D eigenvalue weighted by atomic mass is 10.2. The van der Waals surface area contributed by atoms with E-state index in [0.29, 0.717) is 11.3 Å². The Hall–Kier alpha value is -2.04. The SMILES string of the molecule is COC(=O)c1ccc(O[C@H](C)C(=O)O)cc1. The molecule has 5 nitrogen and oxygen atoms in total. The third-order valence-electron chi connectivity index (χ3n) is 1.94. The number of carbonyl (C=O) groups is 2. The van der Waals surface area contributed by atoms with Crippen LogP contribution in [0.25, 0.3) is 0 Å². The molecule has 0 aliphatic rings. The van der Waals surface area contributed by atoms with Crippen LogP contribution in [-0.2, 0) is 9.53 Å². The second kappa shape index (κ2) is 5.16. The second-order valence-corrected chi connectivity index (χ2v) is 3.11. The third kappa shape index (κ3) is 2.98. The largest absolute Gasteiger partial charge is 0.479 e. The van der Waals surface area contributed by atoms with Crippen molar-refractivity contribution < 1.29 is 24.2 Å². The van der Waals surface area contributed by atoms with Crippen molar-refractivity contribution in [2.45, 2.75) is 13.0 Å². The fourth-order valence-electron chi connectivity index (χ4n) is 1.04. The summed E-state index contributed by atoms with van der Waals surface area (Å²) in [6, 6.07) is 6.06. The minimum Gasteiger partial charge on any atom is -0.479 e. The van der Waals surface area contributed by atoms with Gasteiger partial charge in [-0.15, -0.1) is 0 Å². The molecule has 86 valence electrons. The first-order valence-electron chi connectivity index (χ1n) is 4.62. The Morgan fingerprint density at radius 3 is 2.25 bits per heavy atom. The van der Waals surface area contributed by atoms with Gasteiger partial charge in [0.2, 0.25) is 0 Å². The molecule has 0 saturated heterocycles. The number of hydrogen-bond donors (Lipinski definition) is 1. The molecule has 0 bridgehead atoms. The summed E-state index contributed by atoms with van der Waals surface area (Å²) in [7, 11) is 1.29. The molecular weight excluding hydrogens is 212 g/mol. The van der Waals surface area contributed by atoms with Crippen LogP contribution in [0.15, 0.2) is 24.3 Å². The van der Waals surface area contributed by atoms with Crippen LogP contribution in [0.5, 0.6) is 5.75 Å². The van der Waals surface area contributed by atoms with Crippen LogP contribution in [0.3, 0.4) is 0 Å². The van der Waals surface area contributed by atoms with Gasteiger partial charge in [0.25, 0.3) is 0 Å². The van der Waals surface area contributed by atoms with Gasteiger partial charge in [0, 0.05) is 0 Å². The summed E-state index contributed by atoms with van der Waals surface area (Å²) in [6.45, 7) is 1.43. The first kappa shape index (κ1) is 12.0. The molecule has 0 radical (unpaired) electrons. The maximum Gasteiger partial charge on any atom is 0.344 e. The molecule has 16 heavy (non-hydrogen) atoms. The molecule has 1 N–H and O–H groups in total. The van der Waals surface area contributed by atoms with E-state index in [1.807, 2.05) is 0 Å². The predicted molar refractivity (Wildman–Crippen MR) is 55.5 cm³/mol. The minimum absolute atomic E-state index is 0.387. The van der Waals surface area contributed by atoms with Crippen molar-refractivity contribution in [3.8, 4) is 5.75 Å². The van der Waals surface area contributed by atoms with Gasteiger partial charge in [-0.2, -0.15) is 0 Å². The highest BCUT2D eigenvalue weighted by molar-refractivity contribution is 5.89. The zero-order chi connectivity index (χ0) is 12.1. The second-order valence-electron chi connectivity index (χ2n) is 3.11. The van der Waals surface area contributed by atoms with E-state index >= 15 is 0 Å². The zero-order valence-electron chi connectivity index (χ0n) is 8.97. The number of hydrogen-bond acceptors (Lipinski definition) is 4. The third-order valence-corrected chi connectivity index (χ3v) is 1.94. The molecule has 0 aromatic heterocycles. The molecule has 0 saturated carbocycles. The van der Waals surface area contributed by atoms with Crippen molar-refractivity contribution in [2.24, 2.45) is 0 Å². The van der Waals surface area contributed by atoms with Gasteiger partial charge in [-0.25, -0.2) is 9.59 Å². The van der Waals surface area contributed by atoms with Gasteiger partial charge < -0.3 is 14.6 Å². The van der Waals surface area contributed by atoms with Crippen molar-refractivity contribution in [3.05, 3.63) is 29.8 Å². The lowest BCUT2D eigenvalue weighted by Gasteiger charge is -2.10. The Morgan fingerprint density at radius 2 is 1.81 bits per heavy atom. The monoisotopic (exact) mass is 224 g/mol. The molecule has 0 aliphatic heterocycles. The highest BCUT2D eigenvalue weighted by atomic mass is 16.5. The molecule has 0 aliphatic carbocycles. The Bertz CT molecular complexity index is 382. The van der Waals surface area contributed by atoms with E-state index in [4.69, 9.17) is 9.84 Å². The fourth-order valence-corrected chi connectivity index (χ4v) is 1.04. The number of aliphatic carboxylic acids is 1. The molecule has 1 atom stereocenters. The Morgan fingerprint density at radius 1 is 1.25 bits per heavy atom. The summed E-state index contributed by atoms with van der Waals surface area (Å²) in [5.41, 5.74) is 0.387. The molecule has 1 rings (SSSR count). The molecule has 0 fully saturated rings. The van der Waals surface area contributed by atoms with E-state index in [-0.39, 0.29) is 0 Å². The molecule has 0 amide bonds.